The smallest absolute Gasteiger partial charge is 0.333 e. The van der Waals surface area contributed by atoms with Crippen molar-refractivity contribution in [3.63, 3.8) is 0 Å². The molecule has 1 atom stereocenters. The Kier molecular flexibility index (Phi) is 9.64. The van der Waals surface area contributed by atoms with E-state index in [-0.39, 0.29) is 43.6 Å². The number of allylic oxidation sites excluding steroid dienone is 1. The molecule has 0 aliphatic carbocycles. The minimum absolute atomic E-state index is 0.0247. The topological polar surface area (TPSA) is 95.9 Å². The second-order valence-electron chi connectivity index (χ2n) is 5.91. The predicted molar refractivity (Wildman–Crippen MR) is 88.9 cm³/mol. The van der Waals surface area contributed by atoms with Gasteiger partial charge in [-0.1, -0.05) is 20.1 Å². The van der Waals surface area contributed by atoms with Gasteiger partial charge in [-0.05, 0) is 32.3 Å². The van der Waals surface area contributed by atoms with Crippen molar-refractivity contribution in [2.24, 2.45) is 0 Å². The van der Waals surface area contributed by atoms with Crippen LogP contribution in [0.15, 0.2) is 24.3 Å². The third-order valence-corrected chi connectivity index (χ3v) is 3.75. The fourth-order valence-electron chi connectivity index (χ4n) is 1.92. The van der Waals surface area contributed by atoms with Crippen LogP contribution in [0, 0.1) is 0 Å². The number of ketones is 1. The maximum absolute atomic E-state index is 11.7. The average molecular weight is 327 g/mol. The van der Waals surface area contributed by atoms with Crippen molar-refractivity contribution in [3.05, 3.63) is 24.3 Å². The van der Waals surface area contributed by atoms with E-state index >= 15 is 0 Å². The summed E-state index contributed by atoms with van der Waals surface area (Å²) in [5, 5.41) is 22.2. The summed E-state index contributed by atoms with van der Waals surface area (Å²) >= 11 is 0. The van der Waals surface area contributed by atoms with E-state index in [1.165, 1.54) is 0 Å². The Morgan fingerprint density at radius 3 is 2.13 bits per heavy atom. The van der Waals surface area contributed by atoms with Crippen molar-refractivity contribution in [1.82, 2.24) is 5.32 Å². The van der Waals surface area contributed by atoms with E-state index in [2.05, 4.69) is 18.5 Å². The van der Waals surface area contributed by atoms with Crippen LogP contribution in [0.25, 0.3) is 0 Å². The van der Waals surface area contributed by atoms with Gasteiger partial charge in [-0.15, -0.1) is 0 Å². The zero-order valence-electron chi connectivity index (χ0n) is 14.4. The Bertz CT molecular complexity index is 402. The van der Waals surface area contributed by atoms with Crippen molar-refractivity contribution >= 4 is 11.8 Å². The first-order chi connectivity index (χ1) is 10.7. The zero-order chi connectivity index (χ0) is 18.0. The summed E-state index contributed by atoms with van der Waals surface area (Å²) in [5.74, 6) is -0.587. The van der Waals surface area contributed by atoms with E-state index in [1.54, 1.807) is 13.8 Å². The molecule has 0 heterocycles. The number of carbonyl (C=O) groups is 2. The Balaban J connectivity index is 4.90. The number of Topliss-reactive ketones (excluding diaryl/α,β-unsaturated/α-hetero) is 1. The lowest BCUT2D eigenvalue weighted by molar-refractivity contribution is -0.140. The maximum atomic E-state index is 11.7. The molecule has 0 aliphatic rings. The Morgan fingerprint density at radius 2 is 1.74 bits per heavy atom. The molecule has 3 N–H and O–H groups in total. The van der Waals surface area contributed by atoms with Crippen LogP contribution in [0.5, 0.6) is 0 Å². The van der Waals surface area contributed by atoms with Gasteiger partial charge in [-0.25, -0.2) is 4.79 Å². The third kappa shape index (κ3) is 7.54. The fourth-order valence-corrected chi connectivity index (χ4v) is 1.92. The van der Waals surface area contributed by atoms with Crippen LogP contribution in [0.2, 0.25) is 0 Å². The summed E-state index contributed by atoms with van der Waals surface area (Å²) in [6, 6.07) is -0.374. The molecule has 0 saturated carbocycles. The van der Waals surface area contributed by atoms with Gasteiger partial charge in [0.15, 0.2) is 5.78 Å². The fraction of sp³-hybridized carbons (Fsp3) is 0.647. The quantitative estimate of drug-likeness (QED) is 0.367. The third-order valence-electron chi connectivity index (χ3n) is 3.75. The lowest BCUT2D eigenvalue weighted by Gasteiger charge is -2.34. The van der Waals surface area contributed by atoms with Gasteiger partial charge < -0.3 is 20.3 Å². The maximum Gasteiger partial charge on any atom is 0.333 e. The molecular weight excluding hydrogens is 298 g/mol. The largest absolute Gasteiger partial charge is 0.461 e. The summed E-state index contributed by atoms with van der Waals surface area (Å²) in [7, 11) is 0. The molecule has 0 fully saturated rings. The molecular formula is C17H29NO5. The minimum atomic E-state index is -0.882. The van der Waals surface area contributed by atoms with Gasteiger partial charge in [0.1, 0.15) is 6.61 Å². The lowest BCUT2D eigenvalue weighted by atomic mass is 9.95. The molecule has 1 unspecified atom stereocenters. The number of aliphatic hydroxyl groups is 2. The first kappa shape index (κ1) is 21.5. The molecule has 0 amide bonds. The van der Waals surface area contributed by atoms with E-state index in [4.69, 9.17) is 4.74 Å². The van der Waals surface area contributed by atoms with Gasteiger partial charge in [-0.3, -0.25) is 4.79 Å². The second-order valence-corrected chi connectivity index (χ2v) is 5.91. The molecule has 23 heavy (non-hydrogen) atoms. The summed E-state index contributed by atoms with van der Waals surface area (Å²) < 4.78 is 5.14. The van der Waals surface area contributed by atoms with Gasteiger partial charge in [0.2, 0.25) is 0 Å². The number of nitrogens with one attached hydrogen (secondary N) is 1. The normalized spacial score (nSPS) is 12.6. The first-order valence-electron chi connectivity index (χ1n) is 7.72. The minimum Gasteiger partial charge on any atom is -0.461 e. The molecule has 6 heteroatoms. The number of hydrogen-bond donors (Lipinski definition) is 3. The van der Waals surface area contributed by atoms with Gasteiger partial charge in [-0.2, -0.15) is 0 Å². The van der Waals surface area contributed by atoms with E-state index in [9.17, 15) is 19.8 Å². The molecule has 0 spiro atoms. The zero-order valence-corrected chi connectivity index (χ0v) is 14.4. The lowest BCUT2D eigenvalue weighted by Crippen LogP contribution is -2.56. The van der Waals surface area contributed by atoms with Crippen LogP contribution >= 0.6 is 0 Å². The van der Waals surface area contributed by atoms with E-state index in [0.717, 1.165) is 0 Å². The van der Waals surface area contributed by atoms with Crippen LogP contribution in [0.4, 0.5) is 0 Å². The van der Waals surface area contributed by atoms with E-state index in [1.807, 2.05) is 6.92 Å². The highest BCUT2D eigenvalue weighted by atomic mass is 16.5. The van der Waals surface area contributed by atoms with Crippen molar-refractivity contribution < 1.29 is 24.5 Å². The molecule has 0 aromatic carbocycles. The van der Waals surface area contributed by atoms with Gasteiger partial charge in [0.05, 0.1) is 18.8 Å². The van der Waals surface area contributed by atoms with E-state index < -0.39 is 11.5 Å². The first-order valence-corrected chi connectivity index (χ1v) is 7.72. The number of aliphatic hydroxyl groups excluding tert-OH is 2. The summed E-state index contributed by atoms with van der Waals surface area (Å²) in [6.07, 6.45) is 1.13. The van der Waals surface area contributed by atoms with Gasteiger partial charge in [0, 0.05) is 18.0 Å². The SMILES string of the molecule is C=C(C)C(=O)CCC(COC(=O)C(=C)C)NC(CC)(CO)CO. The summed E-state index contributed by atoms with van der Waals surface area (Å²) in [4.78, 5) is 23.3. The van der Waals surface area contributed by atoms with Crippen LogP contribution in [-0.4, -0.2) is 53.4 Å². The summed E-state index contributed by atoms with van der Waals surface area (Å²) in [5.41, 5.74) is -0.131. The van der Waals surface area contributed by atoms with Gasteiger partial charge in [0.25, 0.3) is 0 Å². The van der Waals surface area contributed by atoms with Crippen molar-refractivity contribution in [1.29, 1.82) is 0 Å². The molecule has 0 radical (unpaired) electrons. The highest BCUT2D eigenvalue weighted by Crippen LogP contribution is 2.13. The molecule has 0 aromatic rings. The molecule has 0 aromatic heterocycles. The number of rotatable bonds is 12. The number of esters is 1. The van der Waals surface area contributed by atoms with Crippen molar-refractivity contribution in [3.8, 4) is 0 Å². The number of hydrogen-bond acceptors (Lipinski definition) is 6. The standard InChI is InChI=1S/C17H29NO5/c1-6-17(10-19,11-20)18-14(7-8-15(21)12(2)3)9-23-16(22)13(4)5/h14,18-20H,2,4,6-11H2,1,3,5H3. The van der Waals surface area contributed by atoms with Crippen molar-refractivity contribution in [2.75, 3.05) is 19.8 Å². The van der Waals surface area contributed by atoms with Crippen LogP contribution < -0.4 is 5.32 Å². The Morgan fingerprint density at radius 1 is 1.17 bits per heavy atom. The number of carbonyl (C=O) groups excluding carboxylic acids is 2. The van der Waals surface area contributed by atoms with E-state index in [0.29, 0.717) is 18.4 Å². The monoisotopic (exact) mass is 327 g/mol. The van der Waals surface area contributed by atoms with Crippen molar-refractivity contribution in [2.45, 2.75) is 51.6 Å². The second kappa shape index (κ2) is 10.3. The molecule has 132 valence electrons. The average Bonchev–Trinajstić information content (AvgIpc) is 2.53. The van der Waals surface area contributed by atoms with Crippen LogP contribution in [-0.2, 0) is 14.3 Å². The van der Waals surface area contributed by atoms with Crippen LogP contribution in [0.3, 0.4) is 0 Å². The highest BCUT2D eigenvalue weighted by molar-refractivity contribution is 5.94. The molecule has 6 nitrogen and oxygen atoms in total. The Labute approximate surface area is 138 Å². The number of ether oxygens (including phenoxy) is 1. The summed E-state index contributed by atoms with van der Waals surface area (Å²) in [6.45, 7) is 11.6. The molecule has 0 aliphatic heterocycles. The Hall–Kier alpha value is -1.50. The predicted octanol–water partition coefficient (Wildman–Crippen LogP) is 1.12. The molecule has 0 rings (SSSR count). The highest BCUT2D eigenvalue weighted by Gasteiger charge is 2.30. The van der Waals surface area contributed by atoms with Gasteiger partial charge >= 0.3 is 5.97 Å². The molecule has 0 saturated heterocycles. The molecule has 0 bridgehead atoms. The van der Waals surface area contributed by atoms with Crippen LogP contribution in [0.1, 0.15) is 40.0 Å².